The smallest absolute Gasteiger partial charge is 0.350 e. The van der Waals surface area contributed by atoms with E-state index in [1.54, 1.807) is 23.1 Å². The highest BCUT2D eigenvalue weighted by atomic mass is 19.1. The van der Waals surface area contributed by atoms with Gasteiger partial charge in [0, 0.05) is 24.4 Å². The summed E-state index contributed by atoms with van der Waals surface area (Å²) in [6, 6.07) is 4.79. The molecule has 0 spiro atoms. The topological polar surface area (TPSA) is 65.7 Å². The predicted molar refractivity (Wildman–Crippen MR) is 75.6 cm³/mol. The summed E-state index contributed by atoms with van der Waals surface area (Å²) in [5.41, 5.74) is 0.160. The van der Waals surface area contributed by atoms with E-state index < -0.39 is 23.7 Å². The second-order valence-corrected chi connectivity index (χ2v) is 4.90. The molecule has 1 aliphatic rings. The Labute approximate surface area is 130 Å². The first kappa shape index (κ1) is 15.1. The minimum atomic E-state index is -0.953. The number of ether oxygens (including phenoxy) is 1. The van der Waals surface area contributed by atoms with Crippen molar-refractivity contribution >= 4 is 11.7 Å². The molecule has 0 saturated heterocycles. The number of oxime groups is 1. The SMILES string of the molecule is O=C(OCCn1cccn1)C1CC(c2cc(F)ccc2F)=NO1. The highest BCUT2D eigenvalue weighted by molar-refractivity contribution is 6.03. The Hall–Kier alpha value is -2.77. The molecule has 0 saturated carbocycles. The van der Waals surface area contributed by atoms with Crippen LogP contribution in [0.3, 0.4) is 0 Å². The molecular weight excluding hydrogens is 308 g/mol. The van der Waals surface area contributed by atoms with Crippen LogP contribution in [0.2, 0.25) is 0 Å². The summed E-state index contributed by atoms with van der Waals surface area (Å²) in [7, 11) is 0. The van der Waals surface area contributed by atoms with Crippen molar-refractivity contribution in [1.29, 1.82) is 0 Å². The van der Waals surface area contributed by atoms with E-state index in [2.05, 4.69) is 10.3 Å². The minimum absolute atomic E-state index is 0.0168. The van der Waals surface area contributed by atoms with Gasteiger partial charge in [0.2, 0.25) is 6.10 Å². The lowest BCUT2D eigenvalue weighted by atomic mass is 10.0. The van der Waals surface area contributed by atoms with Crippen molar-refractivity contribution in [2.45, 2.75) is 19.1 Å². The fourth-order valence-corrected chi connectivity index (χ4v) is 2.15. The van der Waals surface area contributed by atoms with Gasteiger partial charge in [-0.05, 0) is 24.3 Å². The lowest BCUT2D eigenvalue weighted by Gasteiger charge is -2.09. The van der Waals surface area contributed by atoms with Gasteiger partial charge in [0.15, 0.2) is 0 Å². The molecule has 0 bridgehead atoms. The monoisotopic (exact) mass is 321 g/mol. The van der Waals surface area contributed by atoms with Crippen LogP contribution in [-0.4, -0.2) is 34.2 Å². The van der Waals surface area contributed by atoms with Crippen LogP contribution in [0.25, 0.3) is 0 Å². The molecule has 8 heteroatoms. The number of nitrogens with zero attached hydrogens (tertiary/aromatic N) is 3. The number of hydrogen-bond donors (Lipinski definition) is 0. The maximum Gasteiger partial charge on any atom is 0.350 e. The number of hydrogen-bond acceptors (Lipinski definition) is 5. The zero-order valence-corrected chi connectivity index (χ0v) is 12.0. The maximum absolute atomic E-state index is 13.7. The molecule has 1 aromatic carbocycles. The molecule has 2 heterocycles. The van der Waals surface area contributed by atoms with Gasteiger partial charge in [-0.2, -0.15) is 5.10 Å². The van der Waals surface area contributed by atoms with Crippen molar-refractivity contribution in [2.24, 2.45) is 5.16 Å². The quantitative estimate of drug-likeness (QED) is 0.789. The Balaban J connectivity index is 1.54. The molecule has 0 amide bonds. The van der Waals surface area contributed by atoms with Crippen molar-refractivity contribution in [3.05, 3.63) is 53.9 Å². The second-order valence-electron chi connectivity index (χ2n) is 4.90. The minimum Gasteiger partial charge on any atom is -0.461 e. The van der Waals surface area contributed by atoms with E-state index in [4.69, 9.17) is 9.57 Å². The number of carbonyl (C=O) groups excluding carboxylic acids is 1. The molecule has 23 heavy (non-hydrogen) atoms. The summed E-state index contributed by atoms with van der Waals surface area (Å²) in [6.45, 7) is 0.543. The summed E-state index contributed by atoms with van der Waals surface area (Å²) < 4.78 is 33.6. The van der Waals surface area contributed by atoms with Gasteiger partial charge >= 0.3 is 5.97 Å². The first-order chi connectivity index (χ1) is 11.1. The van der Waals surface area contributed by atoms with Crippen LogP contribution >= 0.6 is 0 Å². The lowest BCUT2D eigenvalue weighted by Crippen LogP contribution is -2.25. The van der Waals surface area contributed by atoms with Crippen molar-refractivity contribution in [1.82, 2.24) is 9.78 Å². The van der Waals surface area contributed by atoms with E-state index in [1.165, 1.54) is 0 Å². The van der Waals surface area contributed by atoms with Crippen molar-refractivity contribution in [2.75, 3.05) is 6.61 Å². The Bertz CT molecular complexity index is 732. The van der Waals surface area contributed by atoms with E-state index in [0.29, 0.717) is 6.54 Å². The molecule has 0 fully saturated rings. The predicted octanol–water partition coefficient (Wildman–Crippen LogP) is 1.90. The first-order valence-corrected chi connectivity index (χ1v) is 6.95. The zero-order valence-electron chi connectivity index (χ0n) is 12.0. The fourth-order valence-electron chi connectivity index (χ4n) is 2.15. The van der Waals surface area contributed by atoms with Gasteiger partial charge in [-0.1, -0.05) is 5.16 Å². The summed E-state index contributed by atoms with van der Waals surface area (Å²) in [5.74, 6) is -1.82. The Morgan fingerprint density at radius 1 is 1.43 bits per heavy atom. The molecule has 1 aromatic heterocycles. The molecule has 120 valence electrons. The van der Waals surface area contributed by atoms with Crippen LogP contribution in [0.1, 0.15) is 12.0 Å². The molecule has 6 nitrogen and oxygen atoms in total. The van der Waals surface area contributed by atoms with Crippen molar-refractivity contribution in [3.8, 4) is 0 Å². The van der Waals surface area contributed by atoms with E-state index in [-0.39, 0.29) is 24.3 Å². The van der Waals surface area contributed by atoms with E-state index in [9.17, 15) is 13.6 Å². The summed E-state index contributed by atoms with van der Waals surface area (Å²) in [5, 5.41) is 7.63. The van der Waals surface area contributed by atoms with Crippen LogP contribution in [0.15, 0.2) is 41.8 Å². The van der Waals surface area contributed by atoms with Gasteiger partial charge in [0.1, 0.15) is 18.2 Å². The molecule has 0 N–H and O–H groups in total. The lowest BCUT2D eigenvalue weighted by molar-refractivity contribution is -0.155. The largest absolute Gasteiger partial charge is 0.461 e. The average Bonchev–Trinajstić information content (AvgIpc) is 3.21. The number of aromatic nitrogens is 2. The van der Waals surface area contributed by atoms with Crippen LogP contribution in [-0.2, 0) is 20.9 Å². The summed E-state index contributed by atoms with van der Waals surface area (Å²) in [4.78, 5) is 16.9. The van der Waals surface area contributed by atoms with Gasteiger partial charge in [-0.15, -0.1) is 0 Å². The van der Waals surface area contributed by atoms with Crippen LogP contribution in [0.5, 0.6) is 0 Å². The van der Waals surface area contributed by atoms with Gasteiger partial charge in [-0.3, -0.25) is 4.68 Å². The zero-order chi connectivity index (χ0) is 16.2. The molecule has 1 aliphatic heterocycles. The first-order valence-electron chi connectivity index (χ1n) is 6.95. The third-order valence-electron chi connectivity index (χ3n) is 3.29. The van der Waals surface area contributed by atoms with Gasteiger partial charge in [0.25, 0.3) is 0 Å². The molecule has 0 radical (unpaired) electrons. The second kappa shape index (κ2) is 6.55. The molecule has 0 aliphatic carbocycles. The number of rotatable bonds is 5. The van der Waals surface area contributed by atoms with Crippen molar-refractivity contribution in [3.63, 3.8) is 0 Å². The fraction of sp³-hybridized carbons (Fsp3) is 0.267. The molecule has 1 unspecified atom stereocenters. The number of halogens is 2. The number of carbonyl (C=O) groups is 1. The Morgan fingerprint density at radius 2 is 2.30 bits per heavy atom. The third-order valence-corrected chi connectivity index (χ3v) is 3.29. The number of benzene rings is 1. The van der Waals surface area contributed by atoms with Crippen LogP contribution in [0, 0.1) is 11.6 Å². The van der Waals surface area contributed by atoms with Gasteiger partial charge in [0.05, 0.1) is 12.3 Å². The van der Waals surface area contributed by atoms with Crippen LogP contribution < -0.4 is 0 Å². The van der Waals surface area contributed by atoms with Crippen LogP contribution in [0.4, 0.5) is 8.78 Å². The molecular formula is C15H13F2N3O3. The average molecular weight is 321 g/mol. The summed E-state index contributed by atoms with van der Waals surface area (Å²) in [6.07, 6.45) is 2.44. The van der Waals surface area contributed by atoms with Gasteiger partial charge in [-0.25, -0.2) is 13.6 Å². The highest BCUT2D eigenvalue weighted by Crippen LogP contribution is 2.20. The van der Waals surface area contributed by atoms with E-state index in [1.807, 2.05) is 0 Å². The molecule has 1 atom stereocenters. The highest BCUT2D eigenvalue weighted by Gasteiger charge is 2.31. The number of esters is 1. The van der Waals surface area contributed by atoms with E-state index >= 15 is 0 Å². The standard InChI is InChI=1S/C15H13F2N3O3/c16-10-2-3-12(17)11(8-10)13-9-14(23-19-13)15(21)22-7-6-20-5-1-4-18-20/h1-5,8,14H,6-7,9H2. The third kappa shape index (κ3) is 3.53. The van der Waals surface area contributed by atoms with Gasteiger partial charge < -0.3 is 9.57 Å². The Morgan fingerprint density at radius 3 is 3.09 bits per heavy atom. The molecule has 3 rings (SSSR count). The normalized spacial score (nSPS) is 16.8. The summed E-state index contributed by atoms with van der Waals surface area (Å²) >= 11 is 0. The molecule has 2 aromatic rings. The van der Waals surface area contributed by atoms with Crippen molar-refractivity contribution < 1.29 is 23.1 Å². The Kier molecular flexibility index (Phi) is 4.31. The van der Waals surface area contributed by atoms with E-state index in [0.717, 1.165) is 18.2 Å². The maximum atomic E-state index is 13.7.